The smallest absolute Gasteiger partial charge is 0.224 e. The molecule has 0 unspecified atom stereocenters. The number of aromatic nitrogens is 2. The lowest BCUT2D eigenvalue weighted by Crippen LogP contribution is -2.24. The average Bonchev–Trinajstić information content (AvgIpc) is 2.40. The second kappa shape index (κ2) is 8.02. The Bertz CT molecular complexity index is 407. The normalized spacial score (nSPS) is 11.4. The van der Waals surface area contributed by atoms with E-state index in [4.69, 9.17) is 0 Å². The van der Waals surface area contributed by atoms with Crippen LogP contribution in [0, 0.1) is 11.2 Å². The van der Waals surface area contributed by atoms with E-state index in [0.29, 0.717) is 19.0 Å². The molecular formula is C15H27FN4. The lowest BCUT2D eigenvalue weighted by atomic mass is 9.87. The van der Waals surface area contributed by atoms with Crippen LogP contribution in [-0.4, -0.2) is 23.1 Å². The maximum absolute atomic E-state index is 13.7. The highest BCUT2D eigenvalue weighted by atomic mass is 19.1. The number of unbranched alkanes of at least 4 members (excludes halogenated alkanes) is 2. The molecule has 0 fully saturated rings. The number of rotatable bonds is 9. The molecule has 1 aromatic heterocycles. The van der Waals surface area contributed by atoms with Crippen molar-refractivity contribution in [2.45, 2.75) is 53.4 Å². The van der Waals surface area contributed by atoms with Gasteiger partial charge in [0.05, 0.1) is 6.20 Å². The number of hydrogen-bond acceptors (Lipinski definition) is 4. The predicted octanol–water partition coefficient (Wildman–Crippen LogP) is 4.07. The fourth-order valence-corrected chi connectivity index (χ4v) is 2.00. The molecule has 1 heterocycles. The first-order valence-electron chi connectivity index (χ1n) is 7.49. The van der Waals surface area contributed by atoms with Crippen molar-refractivity contribution in [2.75, 3.05) is 23.7 Å². The Morgan fingerprint density at radius 2 is 1.95 bits per heavy atom. The van der Waals surface area contributed by atoms with E-state index in [1.807, 2.05) is 6.92 Å². The van der Waals surface area contributed by atoms with Gasteiger partial charge in [-0.2, -0.15) is 4.98 Å². The second-order valence-electron chi connectivity index (χ2n) is 5.90. The first-order chi connectivity index (χ1) is 9.48. The van der Waals surface area contributed by atoms with Crippen LogP contribution in [-0.2, 0) is 0 Å². The molecule has 0 aliphatic rings. The molecule has 4 nitrogen and oxygen atoms in total. The van der Waals surface area contributed by atoms with Gasteiger partial charge in [-0.1, -0.05) is 40.0 Å². The van der Waals surface area contributed by atoms with Gasteiger partial charge in [0.1, 0.15) is 0 Å². The summed E-state index contributed by atoms with van der Waals surface area (Å²) in [5.41, 5.74) is 0.130. The molecule has 0 bridgehead atoms. The summed E-state index contributed by atoms with van der Waals surface area (Å²) in [5.74, 6) is 0.329. The van der Waals surface area contributed by atoms with E-state index in [1.165, 1.54) is 25.5 Å². The summed E-state index contributed by atoms with van der Waals surface area (Å²) in [6.07, 6.45) is 6.00. The molecule has 0 aliphatic heterocycles. The lowest BCUT2D eigenvalue weighted by molar-refractivity contribution is 0.341. The number of nitrogens with one attached hydrogen (secondary N) is 2. The van der Waals surface area contributed by atoms with Crippen molar-refractivity contribution in [3.8, 4) is 0 Å². The minimum absolute atomic E-state index is 0.130. The highest BCUT2D eigenvalue weighted by Crippen LogP contribution is 2.24. The summed E-state index contributed by atoms with van der Waals surface area (Å²) in [4.78, 5) is 8.05. The molecule has 1 rings (SSSR count). The molecule has 0 atom stereocenters. The fourth-order valence-electron chi connectivity index (χ4n) is 2.00. The van der Waals surface area contributed by atoms with Crippen LogP contribution in [0.4, 0.5) is 16.2 Å². The number of anilines is 2. The van der Waals surface area contributed by atoms with Crippen molar-refractivity contribution >= 4 is 11.8 Å². The molecule has 0 aliphatic carbocycles. The molecule has 5 heteroatoms. The Labute approximate surface area is 121 Å². The van der Waals surface area contributed by atoms with Crippen molar-refractivity contribution in [3.63, 3.8) is 0 Å². The zero-order valence-corrected chi connectivity index (χ0v) is 13.1. The van der Waals surface area contributed by atoms with Gasteiger partial charge in [-0.3, -0.25) is 0 Å². The molecule has 1 aromatic rings. The van der Waals surface area contributed by atoms with Gasteiger partial charge in [0.2, 0.25) is 5.95 Å². The van der Waals surface area contributed by atoms with E-state index in [0.717, 1.165) is 6.42 Å². The third-order valence-corrected chi connectivity index (χ3v) is 3.27. The molecular weight excluding hydrogens is 255 g/mol. The third kappa shape index (κ3) is 5.72. The Balaban J connectivity index is 2.57. The zero-order valence-electron chi connectivity index (χ0n) is 13.1. The number of hydrogen-bond donors (Lipinski definition) is 2. The number of nitrogens with zero attached hydrogens (tertiary/aromatic N) is 2. The van der Waals surface area contributed by atoms with Crippen LogP contribution >= 0.6 is 0 Å². The first-order valence-corrected chi connectivity index (χ1v) is 7.49. The summed E-state index contributed by atoms with van der Waals surface area (Å²) >= 11 is 0. The molecule has 0 saturated carbocycles. The summed E-state index contributed by atoms with van der Waals surface area (Å²) in [5, 5.41) is 6.10. The van der Waals surface area contributed by atoms with Gasteiger partial charge in [0.15, 0.2) is 11.6 Å². The van der Waals surface area contributed by atoms with Gasteiger partial charge < -0.3 is 10.6 Å². The second-order valence-corrected chi connectivity index (χ2v) is 5.90. The van der Waals surface area contributed by atoms with E-state index >= 15 is 0 Å². The molecule has 0 aromatic carbocycles. The van der Waals surface area contributed by atoms with Crippen molar-refractivity contribution in [1.29, 1.82) is 0 Å². The Hall–Kier alpha value is -1.39. The Kier molecular flexibility index (Phi) is 6.68. The molecule has 0 radical (unpaired) electrons. The van der Waals surface area contributed by atoms with Crippen LogP contribution < -0.4 is 10.6 Å². The van der Waals surface area contributed by atoms with Crippen molar-refractivity contribution in [2.24, 2.45) is 5.41 Å². The molecule has 0 spiro atoms. The minimum Gasteiger partial charge on any atom is -0.367 e. The van der Waals surface area contributed by atoms with Gasteiger partial charge in [-0.25, -0.2) is 9.37 Å². The van der Waals surface area contributed by atoms with Crippen molar-refractivity contribution in [1.82, 2.24) is 9.97 Å². The quantitative estimate of drug-likeness (QED) is 0.670. The standard InChI is InChI=1S/C15H27FN4/c1-5-7-8-9-15(3,4)11-19-13-12(16)10-18-14(20-13)17-6-2/h10H,5-9,11H2,1-4H3,(H2,17,18,19,20). The van der Waals surface area contributed by atoms with Crippen LogP contribution in [0.1, 0.15) is 53.4 Å². The molecule has 114 valence electrons. The summed E-state index contributed by atoms with van der Waals surface area (Å²) in [7, 11) is 0. The molecule has 0 amide bonds. The Morgan fingerprint density at radius 1 is 1.20 bits per heavy atom. The topological polar surface area (TPSA) is 49.8 Å². The van der Waals surface area contributed by atoms with Gasteiger partial charge in [-0.05, 0) is 18.8 Å². The van der Waals surface area contributed by atoms with Gasteiger partial charge >= 0.3 is 0 Å². The summed E-state index contributed by atoms with van der Waals surface area (Å²) < 4.78 is 13.7. The highest BCUT2D eigenvalue weighted by Gasteiger charge is 2.18. The third-order valence-electron chi connectivity index (χ3n) is 3.27. The van der Waals surface area contributed by atoms with Crippen LogP contribution in [0.25, 0.3) is 0 Å². The molecule has 20 heavy (non-hydrogen) atoms. The van der Waals surface area contributed by atoms with Crippen LogP contribution in [0.3, 0.4) is 0 Å². The lowest BCUT2D eigenvalue weighted by Gasteiger charge is -2.25. The van der Waals surface area contributed by atoms with E-state index in [1.54, 1.807) is 0 Å². The monoisotopic (exact) mass is 282 g/mol. The van der Waals surface area contributed by atoms with E-state index in [2.05, 4.69) is 41.4 Å². The van der Waals surface area contributed by atoms with Gasteiger partial charge in [0, 0.05) is 13.1 Å². The first kappa shape index (κ1) is 16.7. The largest absolute Gasteiger partial charge is 0.367 e. The highest BCUT2D eigenvalue weighted by molar-refractivity contribution is 5.41. The number of halogens is 1. The van der Waals surface area contributed by atoms with E-state index in [-0.39, 0.29) is 11.2 Å². The SMILES string of the molecule is CCCCCC(C)(C)CNc1nc(NCC)ncc1F. The van der Waals surface area contributed by atoms with Crippen LogP contribution in [0.15, 0.2) is 6.20 Å². The van der Waals surface area contributed by atoms with E-state index < -0.39 is 5.82 Å². The van der Waals surface area contributed by atoms with Gasteiger partial charge in [0.25, 0.3) is 0 Å². The van der Waals surface area contributed by atoms with Gasteiger partial charge in [-0.15, -0.1) is 0 Å². The molecule has 0 saturated heterocycles. The maximum Gasteiger partial charge on any atom is 0.224 e. The zero-order chi connectivity index (χ0) is 15.0. The minimum atomic E-state index is -0.406. The average molecular weight is 282 g/mol. The Morgan fingerprint density at radius 3 is 2.60 bits per heavy atom. The van der Waals surface area contributed by atoms with Crippen molar-refractivity contribution in [3.05, 3.63) is 12.0 Å². The summed E-state index contributed by atoms with van der Waals surface area (Å²) in [6.45, 7) is 9.96. The van der Waals surface area contributed by atoms with Crippen molar-refractivity contribution < 1.29 is 4.39 Å². The molecule has 2 N–H and O–H groups in total. The fraction of sp³-hybridized carbons (Fsp3) is 0.733. The predicted molar refractivity (Wildman–Crippen MR) is 82.6 cm³/mol. The van der Waals surface area contributed by atoms with E-state index in [9.17, 15) is 4.39 Å². The summed E-state index contributed by atoms with van der Waals surface area (Å²) in [6, 6.07) is 0. The van der Waals surface area contributed by atoms with Crippen LogP contribution in [0.2, 0.25) is 0 Å². The maximum atomic E-state index is 13.7. The van der Waals surface area contributed by atoms with Crippen LogP contribution in [0.5, 0.6) is 0 Å².